The Morgan fingerprint density at radius 2 is 2.11 bits per heavy atom. The van der Waals surface area contributed by atoms with Crippen LogP contribution in [0.4, 0.5) is 0 Å². The van der Waals surface area contributed by atoms with Crippen molar-refractivity contribution in [3.8, 4) is 11.5 Å². The zero-order valence-corrected chi connectivity index (χ0v) is 17.0. The van der Waals surface area contributed by atoms with E-state index in [2.05, 4.69) is 10.2 Å². The van der Waals surface area contributed by atoms with Crippen LogP contribution in [0.15, 0.2) is 44.8 Å². The molecule has 0 atom stereocenters. The van der Waals surface area contributed by atoms with Gasteiger partial charge in [-0.05, 0) is 44.7 Å². The first-order chi connectivity index (χ1) is 13.7. The van der Waals surface area contributed by atoms with Gasteiger partial charge in [-0.3, -0.25) is 9.20 Å². The van der Waals surface area contributed by atoms with E-state index >= 15 is 0 Å². The average molecular weight is 411 g/mol. The predicted octanol–water partition coefficient (Wildman–Crippen LogP) is 4.29. The monoisotopic (exact) mass is 410 g/mol. The van der Waals surface area contributed by atoms with Crippen LogP contribution >= 0.6 is 23.1 Å². The van der Waals surface area contributed by atoms with Gasteiger partial charge in [0.25, 0.3) is 10.8 Å². The number of fused-ring (bicyclic) bond motifs is 3. The molecule has 1 aliphatic rings. The van der Waals surface area contributed by atoms with Gasteiger partial charge >= 0.3 is 0 Å². The van der Waals surface area contributed by atoms with Crippen LogP contribution in [-0.4, -0.2) is 19.6 Å². The van der Waals surface area contributed by atoms with Crippen LogP contribution < -0.4 is 5.56 Å². The molecule has 3 heterocycles. The number of nitrogens with zero attached hydrogens (tertiary/aromatic N) is 4. The average Bonchev–Trinajstić information content (AvgIpc) is 3.31. The predicted molar refractivity (Wildman–Crippen MR) is 110 cm³/mol. The zero-order chi connectivity index (χ0) is 19.1. The van der Waals surface area contributed by atoms with E-state index in [1.54, 1.807) is 21.8 Å². The van der Waals surface area contributed by atoms with Crippen molar-refractivity contribution in [2.24, 2.45) is 0 Å². The molecule has 1 aromatic carbocycles. The maximum atomic E-state index is 12.6. The van der Waals surface area contributed by atoms with Crippen LogP contribution in [0.5, 0.6) is 0 Å². The van der Waals surface area contributed by atoms with Crippen LogP contribution in [0.25, 0.3) is 16.4 Å². The molecule has 0 aliphatic heterocycles. The molecule has 0 saturated carbocycles. The summed E-state index contributed by atoms with van der Waals surface area (Å²) in [4.78, 5) is 19.4. The highest BCUT2D eigenvalue weighted by molar-refractivity contribution is 7.98. The summed E-state index contributed by atoms with van der Waals surface area (Å²) in [6.45, 7) is 2.03. The summed E-state index contributed by atoms with van der Waals surface area (Å²) in [5.74, 6) is 1.02. The SMILES string of the molecule is Cc1cccc(-c2nnc(SCc3cc(=O)n4c5c(sc4n3)CCCC5)o2)c1. The van der Waals surface area contributed by atoms with E-state index < -0.39 is 0 Å². The number of aryl methyl sites for hydroxylation is 3. The molecule has 3 aromatic heterocycles. The Morgan fingerprint density at radius 3 is 3.00 bits per heavy atom. The van der Waals surface area contributed by atoms with E-state index in [0.717, 1.165) is 46.7 Å². The first-order valence-electron chi connectivity index (χ1n) is 9.24. The Bertz CT molecular complexity index is 1220. The lowest BCUT2D eigenvalue weighted by Crippen LogP contribution is -2.17. The molecule has 8 heteroatoms. The van der Waals surface area contributed by atoms with Gasteiger partial charge in [-0.25, -0.2) is 4.98 Å². The van der Waals surface area contributed by atoms with E-state index in [1.165, 1.54) is 23.1 Å². The van der Waals surface area contributed by atoms with Crippen LogP contribution in [0.1, 0.15) is 34.7 Å². The van der Waals surface area contributed by atoms with Gasteiger partial charge in [-0.15, -0.1) is 21.5 Å². The second-order valence-electron chi connectivity index (χ2n) is 6.91. The summed E-state index contributed by atoms with van der Waals surface area (Å²) < 4.78 is 7.55. The van der Waals surface area contributed by atoms with Crippen molar-refractivity contribution >= 4 is 28.1 Å². The fraction of sp³-hybridized carbons (Fsp3) is 0.300. The largest absolute Gasteiger partial charge is 0.411 e. The van der Waals surface area contributed by atoms with Crippen molar-refractivity contribution in [3.63, 3.8) is 0 Å². The van der Waals surface area contributed by atoms with Crippen molar-refractivity contribution in [2.75, 3.05) is 0 Å². The molecule has 0 amide bonds. The highest BCUT2D eigenvalue weighted by atomic mass is 32.2. The molecule has 28 heavy (non-hydrogen) atoms. The van der Waals surface area contributed by atoms with E-state index in [0.29, 0.717) is 16.9 Å². The van der Waals surface area contributed by atoms with Crippen LogP contribution in [-0.2, 0) is 18.6 Å². The summed E-state index contributed by atoms with van der Waals surface area (Å²) in [6.07, 6.45) is 4.35. The van der Waals surface area contributed by atoms with E-state index in [4.69, 9.17) is 9.40 Å². The Morgan fingerprint density at radius 1 is 1.21 bits per heavy atom. The van der Waals surface area contributed by atoms with Gasteiger partial charge in [0.2, 0.25) is 5.89 Å². The number of thiazole rings is 1. The number of rotatable bonds is 4. The third-order valence-corrected chi connectivity index (χ3v) is 6.82. The highest BCUT2D eigenvalue weighted by Gasteiger charge is 2.19. The fourth-order valence-electron chi connectivity index (χ4n) is 3.51. The molecule has 142 valence electrons. The summed E-state index contributed by atoms with van der Waals surface area (Å²) in [6, 6.07) is 9.58. The Kier molecular flexibility index (Phi) is 4.52. The molecule has 6 nitrogen and oxygen atoms in total. The molecule has 1 aliphatic carbocycles. The normalized spacial score (nSPS) is 13.8. The van der Waals surface area contributed by atoms with Crippen molar-refractivity contribution in [2.45, 2.75) is 43.6 Å². The van der Waals surface area contributed by atoms with Crippen LogP contribution in [0.3, 0.4) is 0 Å². The first kappa shape index (κ1) is 17.6. The van der Waals surface area contributed by atoms with Gasteiger partial charge in [0, 0.05) is 28.0 Å². The van der Waals surface area contributed by atoms with Gasteiger partial charge in [-0.2, -0.15) is 0 Å². The third-order valence-electron chi connectivity index (χ3n) is 4.83. The molecule has 0 fully saturated rings. The first-order valence-corrected chi connectivity index (χ1v) is 11.0. The molecule has 0 bridgehead atoms. The third kappa shape index (κ3) is 3.27. The number of aromatic nitrogens is 4. The smallest absolute Gasteiger partial charge is 0.277 e. The zero-order valence-electron chi connectivity index (χ0n) is 15.3. The van der Waals surface area contributed by atoms with Crippen LogP contribution in [0, 0.1) is 6.92 Å². The lowest BCUT2D eigenvalue weighted by molar-refractivity contribution is 0.465. The fourth-order valence-corrected chi connectivity index (χ4v) is 5.40. The molecule has 0 unspecified atom stereocenters. The minimum Gasteiger partial charge on any atom is -0.411 e. The summed E-state index contributed by atoms with van der Waals surface area (Å²) in [5.41, 5.74) is 3.94. The van der Waals surface area contributed by atoms with Gasteiger partial charge in [-0.1, -0.05) is 29.5 Å². The van der Waals surface area contributed by atoms with E-state index in [-0.39, 0.29) is 5.56 Å². The molecule has 0 saturated heterocycles. The van der Waals surface area contributed by atoms with Crippen molar-refractivity contribution < 1.29 is 4.42 Å². The molecule has 0 N–H and O–H groups in total. The maximum absolute atomic E-state index is 12.6. The maximum Gasteiger partial charge on any atom is 0.277 e. The minimum absolute atomic E-state index is 0.00554. The summed E-state index contributed by atoms with van der Waals surface area (Å²) >= 11 is 3.04. The van der Waals surface area contributed by atoms with Crippen molar-refractivity contribution in [3.05, 3.63) is 62.5 Å². The van der Waals surface area contributed by atoms with Gasteiger partial charge in [0.05, 0.1) is 5.69 Å². The highest BCUT2D eigenvalue weighted by Crippen LogP contribution is 2.29. The molecular formula is C20H18N4O2S2. The molecule has 4 aromatic rings. The molecular weight excluding hydrogens is 392 g/mol. The standard InChI is InChI=1S/C20H18N4O2S2/c1-12-5-4-6-13(9-12)18-22-23-20(26-18)27-11-14-10-17(25)24-15-7-2-3-8-16(15)28-19(24)21-14/h4-6,9-10H,2-3,7-8,11H2,1H3. The molecule has 0 spiro atoms. The topological polar surface area (TPSA) is 73.3 Å². The van der Waals surface area contributed by atoms with Gasteiger partial charge in [0.1, 0.15) is 0 Å². The lowest BCUT2D eigenvalue weighted by atomic mass is 10.0. The lowest BCUT2D eigenvalue weighted by Gasteiger charge is -2.09. The number of benzene rings is 1. The second-order valence-corrected chi connectivity index (χ2v) is 8.90. The van der Waals surface area contributed by atoms with Crippen molar-refractivity contribution in [1.82, 2.24) is 19.6 Å². The molecule has 0 radical (unpaired) electrons. The Labute approximate surface area is 169 Å². The number of thioether (sulfide) groups is 1. The second kappa shape index (κ2) is 7.18. The summed E-state index contributed by atoms with van der Waals surface area (Å²) in [7, 11) is 0. The van der Waals surface area contributed by atoms with Gasteiger partial charge < -0.3 is 4.42 Å². The van der Waals surface area contributed by atoms with Gasteiger partial charge in [0.15, 0.2) is 4.96 Å². The molecule has 5 rings (SSSR count). The summed E-state index contributed by atoms with van der Waals surface area (Å²) in [5, 5.41) is 8.72. The number of hydrogen-bond donors (Lipinski definition) is 0. The van der Waals surface area contributed by atoms with E-state index in [1.807, 2.05) is 31.2 Å². The Hall–Kier alpha value is -2.45. The minimum atomic E-state index is 0.00554. The quantitative estimate of drug-likeness (QED) is 0.468. The Balaban J connectivity index is 1.37. The van der Waals surface area contributed by atoms with Crippen LogP contribution in [0.2, 0.25) is 0 Å². The van der Waals surface area contributed by atoms with E-state index in [9.17, 15) is 4.79 Å². The number of hydrogen-bond acceptors (Lipinski definition) is 7. The van der Waals surface area contributed by atoms with Crippen molar-refractivity contribution in [1.29, 1.82) is 0 Å².